The molecule has 1 heterocycles. The molecule has 0 aliphatic carbocycles. The molecule has 0 amide bonds. The minimum atomic E-state index is -0.986. The number of hydrogen-bond donors (Lipinski definition) is 2. The van der Waals surface area contributed by atoms with E-state index in [1.807, 2.05) is 54.6 Å². The first-order valence-electron chi connectivity index (χ1n) is 7.47. The van der Waals surface area contributed by atoms with Crippen molar-refractivity contribution in [3.05, 3.63) is 77.6 Å². The van der Waals surface area contributed by atoms with E-state index in [9.17, 15) is 9.90 Å². The van der Waals surface area contributed by atoms with E-state index in [4.69, 9.17) is 0 Å². The monoisotopic (exact) mass is 339 g/mol. The van der Waals surface area contributed by atoms with Gasteiger partial charge in [-0.3, -0.25) is 4.72 Å². The zero-order valence-corrected chi connectivity index (χ0v) is 14.0. The Labute approximate surface area is 144 Å². The Morgan fingerprint density at radius 2 is 1.88 bits per heavy atom. The maximum atomic E-state index is 11.3. The van der Waals surface area contributed by atoms with Crippen LogP contribution < -0.4 is 4.72 Å². The van der Waals surface area contributed by atoms with E-state index in [0.717, 1.165) is 16.1 Å². The smallest absolute Gasteiger partial charge is 0.354 e. The van der Waals surface area contributed by atoms with Gasteiger partial charge in [0.15, 0.2) is 5.69 Å². The number of aromatic nitrogens is 2. The van der Waals surface area contributed by atoms with Gasteiger partial charge in [0.05, 0.1) is 11.4 Å². The zero-order valence-electron chi connectivity index (χ0n) is 13.1. The number of carbonyl (C=O) groups is 1. The van der Waals surface area contributed by atoms with E-state index >= 15 is 0 Å². The summed E-state index contributed by atoms with van der Waals surface area (Å²) >= 11 is 1.58. The molecule has 0 atom stereocenters. The summed E-state index contributed by atoms with van der Waals surface area (Å²) in [5.41, 5.74) is 2.69. The fourth-order valence-electron chi connectivity index (χ4n) is 2.29. The van der Waals surface area contributed by atoms with Crippen molar-refractivity contribution in [2.75, 3.05) is 0 Å². The normalized spacial score (nSPS) is 10.7. The highest BCUT2D eigenvalue weighted by Crippen LogP contribution is 2.16. The molecule has 2 N–H and O–H groups in total. The summed E-state index contributed by atoms with van der Waals surface area (Å²) in [6, 6.07) is 19.4. The molecule has 0 saturated carbocycles. The third-order valence-electron chi connectivity index (χ3n) is 3.44. The average Bonchev–Trinajstić information content (AvgIpc) is 2.99. The first-order chi connectivity index (χ1) is 11.6. The van der Waals surface area contributed by atoms with Crippen LogP contribution in [0.25, 0.3) is 5.69 Å². The lowest BCUT2D eigenvalue weighted by atomic mass is 10.2. The lowest BCUT2D eigenvalue weighted by molar-refractivity contribution is 0.0687. The highest BCUT2D eigenvalue weighted by atomic mass is 32.2. The Morgan fingerprint density at radius 1 is 1.17 bits per heavy atom. The molecule has 1 aromatic heterocycles. The summed E-state index contributed by atoms with van der Waals surface area (Å²) in [4.78, 5) is 12.4. The third-order valence-corrected chi connectivity index (χ3v) is 4.24. The number of nitrogens with one attached hydrogen (secondary N) is 1. The van der Waals surface area contributed by atoms with Gasteiger partial charge in [-0.25, -0.2) is 9.48 Å². The Morgan fingerprint density at radius 3 is 2.54 bits per heavy atom. The Balaban J connectivity index is 1.66. The van der Waals surface area contributed by atoms with Crippen molar-refractivity contribution in [2.24, 2.45) is 0 Å². The van der Waals surface area contributed by atoms with Crippen LogP contribution >= 0.6 is 11.9 Å². The lowest BCUT2D eigenvalue weighted by Crippen LogP contribution is -2.08. The molecule has 3 rings (SSSR count). The highest BCUT2D eigenvalue weighted by molar-refractivity contribution is 7.97. The van der Waals surface area contributed by atoms with Crippen molar-refractivity contribution in [2.45, 2.75) is 18.4 Å². The summed E-state index contributed by atoms with van der Waals surface area (Å²) in [6.45, 7) is 2.49. The molecule has 5 nitrogen and oxygen atoms in total. The molecule has 0 spiro atoms. The van der Waals surface area contributed by atoms with E-state index in [1.54, 1.807) is 24.9 Å². The predicted molar refractivity (Wildman–Crippen MR) is 94.4 cm³/mol. The van der Waals surface area contributed by atoms with Crippen LogP contribution in [0, 0.1) is 6.92 Å². The standard InChI is InChI=1S/C18H17N3O2S/c1-13-11-17(18(22)23)21(20-13)15-9-7-14(8-10-15)12-19-24-16-5-3-2-4-6-16/h2-11,19H,12H2,1H3,(H,22,23). The van der Waals surface area contributed by atoms with Crippen molar-refractivity contribution in [3.63, 3.8) is 0 Å². The third kappa shape index (κ3) is 3.84. The SMILES string of the molecule is Cc1cc(C(=O)O)n(-c2ccc(CNSc3ccccc3)cc2)n1. The van der Waals surface area contributed by atoms with Crippen LogP contribution in [0.2, 0.25) is 0 Å². The Bertz CT molecular complexity index is 829. The van der Waals surface area contributed by atoms with Crippen molar-refractivity contribution < 1.29 is 9.90 Å². The van der Waals surface area contributed by atoms with E-state index in [2.05, 4.69) is 9.82 Å². The lowest BCUT2D eigenvalue weighted by Gasteiger charge is -2.07. The van der Waals surface area contributed by atoms with Crippen LogP contribution in [0.4, 0.5) is 0 Å². The molecule has 2 aromatic carbocycles. The highest BCUT2D eigenvalue weighted by Gasteiger charge is 2.13. The molecule has 0 fully saturated rings. The minimum Gasteiger partial charge on any atom is -0.477 e. The van der Waals surface area contributed by atoms with Gasteiger partial charge in [-0.2, -0.15) is 5.10 Å². The summed E-state index contributed by atoms with van der Waals surface area (Å²) in [5, 5.41) is 13.5. The molecule has 0 saturated heterocycles. The molecule has 0 radical (unpaired) electrons. The molecule has 24 heavy (non-hydrogen) atoms. The second-order valence-electron chi connectivity index (χ2n) is 5.29. The van der Waals surface area contributed by atoms with Gasteiger partial charge in [-0.1, -0.05) is 30.3 Å². The van der Waals surface area contributed by atoms with Gasteiger partial charge in [-0.15, -0.1) is 0 Å². The minimum absolute atomic E-state index is 0.165. The molecule has 122 valence electrons. The number of aromatic carboxylic acids is 1. The number of hydrogen-bond acceptors (Lipinski definition) is 4. The largest absolute Gasteiger partial charge is 0.477 e. The number of carboxylic acids is 1. The van der Waals surface area contributed by atoms with Crippen molar-refractivity contribution in [1.29, 1.82) is 0 Å². The first kappa shape index (κ1) is 16.3. The number of aryl methyl sites for hydroxylation is 1. The average molecular weight is 339 g/mol. The van der Waals surface area contributed by atoms with Crippen molar-refractivity contribution >= 4 is 17.9 Å². The van der Waals surface area contributed by atoms with Crippen LogP contribution in [-0.2, 0) is 6.54 Å². The Hall–Kier alpha value is -2.57. The van der Waals surface area contributed by atoms with Crippen LogP contribution in [0.1, 0.15) is 21.7 Å². The molecule has 6 heteroatoms. The van der Waals surface area contributed by atoms with Crippen molar-refractivity contribution in [1.82, 2.24) is 14.5 Å². The number of rotatable bonds is 6. The van der Waals surface area contributed by atoms with Crippen LogP contribution in [0.15, 0.2) is 65.6 Å². The quantitative estimate of drug-likeness (QED) is 0.671. The van der Waals surface area contributed by atoms with Crippen LogP contribution in [-0.4, -0.2) is 20.9 Å². The van der Waals surface area contributed by atoms with Gasteiger partial charge in [0.1, 0.15) is 0 Å². The van der Waals surface area contributed by atoms with Crippen LogP contribution in [0.5, 0.6) is 0 Å². The van der Waals surface area contributed by atoms with Gasteiger partial charge >= 0.3 is 5.97 Å². The topological polar surface area (TPSA) is 67.2 Å². The fraction of sp³-hybridized carbons (Fsp3) is 0.111. The van der Waals surface area contributed by atoms with E-state index in [-0.39, 0.29) is 5.69 Å². The second kappa shape index (κ2) is 7.33. The summed E-state index contributed by atoms with van der Waals surface area (Å²) in [5.74, 6) is -0.986. The number of benzene rings is 2. The second-order valence-corrected chi connectivity index (χ2v) is 6.25. The predicted octanol–water partition coefficient (Wildman–Crippen LogP) is 3.68. The molecular weight excluding hydrogens is 322 g/mol. The molecule has 0 aliphatic heterocycles. The van der Waals surface area contributed by atoms with Crippen LogP contribution in [0.3, 0.4) is 0 Å². The Kier molecular flexibility index (Phi) is 4.98. The van der Waals surface area contributed by atoms with E-state index < -0.39 is 5.97 Å². The van der Waals surface area contributed by atoms with Gasteiger partial charge < -0.3 is 5.11 Å². The zero-order chi connectivity index (χ0) is 16.9. The van der Waals surface area contributed by atoms with Gasteiger partial charge in [0.25, 0.3) is 0 Å². The fourth-order valence-corrected chi connectivity index (χ4v) is 2.99. The summed E-state index contributed by atoms with van der Waals surface area (Å²) < 4.78 is 4.76. The van der Waals surface area contributed by atoms with Crippen molar-refractivity contribution in [3.8, 4) is 5.69 Å². The molecule has 0 aliphatic rings. The first-order valence-corrected chi connectivity index (χ1v) is 8.29. The maximum absolute atomic E-state index is 11.3. The molecule has 0 bridgehead atoms. The van der Waals surface area contributed by atoms with E-state index in [1.165, 1.54) is 4.68 Å². The maximum Gasteiger partial charge on any atom is 0.354 e. The van der Waals surface area contributed by atoms with Gasteiger partial charge in [0, 0.05) is 11.4 Å². The molecule has 3 aromatic rings. The van der Waals surface area contributed by atoms with Gasteiger partial charge in [0.2, 0.25) is 0 Å². The summed E-state index contributed by atoms with van der Waals surface area (Å²) in [6.07, 6.45) is 0. The van der Waals surface area contributed by atoms with E-state index in [0.29, 0.717) is 12.2 Å². The molecule has 0 unspecified atom stereocenters. The summed E-state index contributed by atoms with van der Waals surface area (Å²) in [7, 11) is 0. The van der Waals surface area contributed by atoms with Gasteiger partial charge in [-0.05, 0) is 54.8 Å². The molecular formula is C18H17N3O2S. The number of carboxylic acid groups (broad SMARTS) is 1. The number of nitrogens with zero attached hydrogens (tertiary/aromatic N) is 2.